The number of sulfonamides is 1. The van der Waals surface area contributed by atoms with Gasteiger partial charge in [-0.05, 0) is 48.9 Å². The Hall–Kier alpha value is -2.19. The molecule has 8 heteroatoms. The second-order valence-corrected chi connectivity index (χ2v) is 11.2. The Morgan fingerprint density at radius 2 is 2.07 bits per heavy atom. The average Bonchev–Trinajstić information content (AvgIpc) is 3.24. The van der Waals surface area contributed by atoms with Gasteiger partial charge in [-0.2, -0.15) is 5.10 Å². The van der Waals surface area contributed by atoms with Gasteiger partial charge in [-0.15, -0.1) is 0 Å². The van der Waals surface area contributed by atoms with Crippen LogP contribution in [0.4, 0.5) is 4.39 Å². The lowest BCUT2D eigenvalue weighted by Crippen LogP contribution is -2.29. The first-order chi connectivity index (χ1) is 13.5. The molecule has 6 nitrogen and oxygen atoms in total. The zero-order chi connectivity index (χ0) is 21.0. The molecule has 1 atom stereocenters. The zero-order valence-electron chi connectivity index (χ0n) is 17.2. The van der Waals surface area contributed by atoms with Crippen LogP contribution in [0, 0.1) is 11.2 Å². The van der Waals surface area contributed by atoms with Gasteiger partial charge in [-0.1, -0.05) is 20.8 Å². The fraction of sp³-hybridized carbons (Fsp3) is 0.476. The van der Waals surface area contributed by atoms with Crippen molar-refractivity contribution in [2.75, 3.05) is 0 Å². The average molecular weight is 419 g/mol. The van der Waals surface area contributed by atoms with Gasteiger partial charge in [0, 0.05) is 41.4 Å². The largest absolute Gasteiger partial charge is 0.347 e. The van der Waals surface area contributed by atoms with Crippen molar-refractivity contribution in [3.05, 3.63) is 42.0 Å². The maximum Gasteiger partial charge on any atom is 0.215 e. The Labute approximate surface area is 170 Å². The van der Waals surface area contributed by atoms with Crippen molar-refractivity contribution >= 4 is 20.9 Å². The monoisotopic (exact) mass is 418 g/mol. The molecule has 0 unspecified atom stereocenters. The molecule has 0 radical (unpaired) electrons. The topological polar surface area (TPSA) is 79.8 Å². The van der Waals surface area contributed by atoms with Crippen LogP contribution in [0.25, 0.3) is 22.2 Å². The molecule has 1 saturated carbocycles. The van der Waals surface area contributed by atoms with Crippen molar-refractivity contribution in [3.63, 3.8) is 0 Å². The number of halogens is 1. The summed E-state index contributed by atoms with van der Waals surface area (Å²) in [4.78, 5) is 0. The minimum atomic E-state index is -3.35. The molecule has 1 fully saturated rings. The Bertz CT molecular complexity index is 1140. The lowest BCUT2D eigenvalue weighted by Gasteiger charge is -2.20. The van der Waals surface area contributed by atoms with Crippen LogP contribution in [0.2, 0.25) is 0 Å². The molecule has 0 saturated heterocycles. The van der Waals surface area contributed by atoms with Crippen LogP contribution in [0.5, 0.6) is 0 Å². The highest BCUT2D eigenvalue weighted by atomic mass is 32.2. The number of nitrogens with one attached hydrogen (secondary N) is 2. The highest BCUT2D eigenvalue weighted by molar-refractivity contribution is 7.90. The third-order valence-corrected chi connectivity index (χ3v) is 7.24. The lowest BCUT2D eigenvalue weighted by molar-refractivity contribution is 0.349. The van der Waals surface area contributed by atoms with E-state index >= 15 is 0 Å². The number of hydrogen-bond donors (Lipinski definition) is 2. The molecule has 29 heavy (non-hydrogen) atoms. The van der Waals surface area contributed by atoms with Crippen LogP contribution >= 0.6 is 0 Å². The van der Waals surface area contributed by atoms with E-state index in [9.17, 15) is 12.8 Å². The van der Waals surface area contributed by atoms with Gasteiger partial charge < -0.3 is 4.57 Å². The SMILES string of the molecule is C[C@@H](NS(=O)(=O)C1CC1)c1cn(CC(C)(C)C)c2cc(-c3ccn[nH]3)c(F)cc12. The number of rotatable bonds is 6. The van der Waals surface area contributed by atoms with Crippen molar-refractivity contribution in [1.29, 1.82) is 0 Å². The summed E-state index contributed by atoms with van der Waals surface area (Å²) in [6, 6.07) is 4.60. The highest BCUT2D eigenvalue weighted by Crippen LogP contribution is 2.35. The molecule has 2 heterocycles. The van der Waals surface area contributed by atoms with Gasteiger partial charge in [0.15, 0.2) is 0 Å². The minimum Gasteiger partial charge on any atom is -0.347 e. The zero-order valence-corrected chi connectivity index (χ0v) is 18.0. The molecule has 4 rings (SSSR count). The molecule has 3 aromatic rings. The number of nitrogens with zero attached hydrogens (tertiary/aromatic N) is 2. The molecule has 1 aliphatic carbocycles. The number of H-pyrrole nitrogens is 1. The van der Waals surface area contributed by atoms with Crippen molar-refractivity contribution in [2.24, 2.45) is 5.41 Å². The van der Waals surface area contributed by atoms with Gasteiger partial charge in [0.2, 0.25) is 10.0 Å². The Kier molecular flexibility index (Phi) is 4.82. The van der Waals surface area contributed by atoms with Gasteiger partial charge in [-0.25, -0.2) is 17.5 Å². The summed E-state index contributed by atoms with van der Waals surface area (Å²) in [5.41, 5.74) is 2.71. The maximum absolute atomic E-state index is 15.0. The van der Waals surface area contributed by atoms with E-state index in [4.69, 9.17) is 0 Å². The molecule has 2 aromatic heterocycles. The Morgan fingerprint density at radius 1 is 1.34 bits per heavy atom. The van der Waals surface area contributed by atoms with Crippen LogP contribution in [-0.2, 0) is 16.6 Å². The summed E-state index contributed by atoms with van der Waals surface area (Å²) in [5.74, 6) is -0.367. The highest BCUT2D eigenvalue weighted by Gasteiger charge is 2.37. The van der Waals surface area contributed by atoms with Crippen LogP contribution in [0.15, 0.2) is 30.6 Å². The second kappa shape index (κ2) is 6.95. The number of hydrogen-bond acceptors (Lipinski definition) is 3. The van der Waals surface area contributed by atoms with Gasteiger partial charge in [0.1, 0.15) is 5.82 Å². The van der Waals surface area contributed by atoms with Gasteiger partial charge in [0.05, 0.1) is 10.9 Å². The van der Waals surface area contributed by atoms with E-state index < -0.39 is 16.1 Å². The number of fused-ring (bicyclic) bond motifs is 1. The third-order valence-electron chi connectivity index (χ3n) is 5.21. The Morgan fingerprint density at radius 3 is 2.66 bits per heavy atom. The quantitative estimate of drug-likeness (QED) is 0.624. The van der Waals surface area contributed by atoms with E-state index in [1.54, 1.807) is 12.3 Å². The molecule has 2 N–H and O–H groups in total. The predicted molar refractivity (Wildman–Crippen MR) is 112 cm³/mol. The number of aromatic nitrogens is 3. The van der Waals surface area contributed by atoms with E-state index in [0.29, 0.717) is 24.1 Å². The first kappa shape index (κ1) is 20.1. The third kappa shape index (κ3) is 4.09. The molecule has 0 bridgehead atoms. The van der Waals surface area contributed by atoms with E-state index in [2.05, 4.69) is 40.3 Å². The molecule has 0 amide bonds. The Balaban J connectivity index is 1.83. The summed E-state index contributed by atoms with van der Waals surface area (Å²) in [5, 5.41) is 7.17. The first-order valence-electron chi connectivity index (χ1n) is 9.88. The molecule has 1 aromatic carbocycles. The van der Waals surface area contributed by atoms with Crippen LogP contribution in [0.1, 0.15) is 52.1 Å². The van der Waals surface area contributed by atoms with Gasteiger partial charge in [-0.3, -0.25) is 5.10 Å². The normalized spacial score (nSPS) is 16.4. The fourth-order valence-electron chi connectivity index (χ4n) is 3.72. The van der Waals surface area contributed by atoms with Crippen molar-refractivity contribution in [1.82, 2.24) is 19.5 Å². The van der Waals surface area contributed by atoms with E-state index in [0.717, 1.165) is 23.0 Å². The molecule has 1 aliphatic rings. The van der Waals surface area contributed by atoms with Crippen LogP contribution < -0.4 is 4.72 Å². The van der Waals surface area contributed by atoms with Crippen molar-refractivity contribution < 1.29 is 12.8 Å². The van der Waals surface area contributed by atoms with E-state index in [1.165, 1.54) is 6.07 Å². The van der Waals surface area contributed by atoms with Crippen LogP contribution in [0.3, 0.4) is 0 Å². The number of aromatic amines is 1. The molecule has 156 valence electrons. The maximum atomic E-state index is 15.0. The first-order valence-corrected chi connectivity index (χ1v) is 11.4. The summed E-state index contributed by atoms with van der Waals surface area (Å²) >= 11 is 0. The van der Waals surface area contributed by atoms with Crippen molar-refractivity contribution in [3.8, 4) is 11.3 Å². The van der Waals surface area contributed by atoms with Crippen molar-refractivity contribution in [2.45, 2.75) is 58.4 Å². The molecular weight excluding hydrogens is 391 g/mol. The summed E-state index contributed by atoms with van der Waals surface area (Å²) < 4.78 is 44.7. The molecule has 0 aliphatic heterocycles. The van der Waals surface area contributed by atoms with Crippen LogP contribution in [-0.4, -0.2) is 28.4 Å². The number of benzene rings is 1. The minimum absolute atomic E-state index is 0.00249. The van der Waals surface area contributed by atoms with Gasteiger partial charge >= 0.3 is 0 Å². The summed E-state index contributed by atoms with van der Waals surface area (Å²) in [6.45, 7) is 8.95. The fourth-order valence-corrected chi connectivity index (χ4v) is 5.29. The second-order valence-electron chi connectivity index (χ2n) is 9.18. The predicted octanol–water partition coefficient (Wildman–Crippen LogP) is 4.36. The van der Waals surface area contributed by atoms with E-state index in [1.807, 2.05) is 19.2 Å². The van der Waals surface area contributed by atoms with Gasteiger partial charge in [0.25, 0.3) is 0 Å². The lowest BCUT2D eigenvalue weighted by atomic mass is 9.97. The molecular formula is C21H27FN4O2S. The molecule has 0 spiro atoms. The smallest absolute Gasteiger partial charge is 0.215 e. The summed E-state index contributed by atoms with van der Waals surface area (Å²) in [7, 11) is -3.35. The van der Waals surface area contributed by atoms with E-state index in [-0.39, 0.29) is 16.5 Å². The summed E-state index contributed by atoms with van der Waals surface area (Å²) in [6.07, 6.45) is 4.95. The standard InChI is InChI=1S/C21H27FN4O2S/c1-13(25-29(27,28)14-5-6-14)17-11-26(12-21(2,3)4)20-10-16(18(22)9-15(17)20)19-7-8-23-24-19/h7-11,13-14,25H,5-6,12H2,1-4H3,(H,23,24)/t13-/m1/s1.